The molecule has 0 aliphatic carbocycles. The number of para-hydroxylation sites is 1. The summed E-state index contributed by atoms with van der Waals surface area (Å²) in [6.45, 7) is 6.77. The summed E-state index contributed by atoms with van der Waals surface area (Å²) in [6, 6.07) is 19.7. The molecule has 2 aromatic carbocycles. The highest BCUT2D eigenvalue weighted by Gasteiger charge is 2.31. The van der Waals surface area contributed by atoms with Crippen molar-refractivity contribution in [1.29, 1.82) is 0 Å². The Labute approximate surface area is 133 Å². The number of hydrogen-bond donors (Lipinski definition) is 0. The molecule has 0 bridgehead atoms. The lowest BCUT2D eigenvalue weighted by molar-refractivity contribution is 0.0216. The van der Waals surface area contributed by atoms with Gasteiger partial charge in [0.2, 0.25) is 0 Å². The molecule has 0 saturated carbocycles. The first kappa shape index (κ1) is 14.9. The minimum absolute atomic E-state index is 0.323. The van der Waals surface area contributed by atoms with Gasteiger partial charge in [0.25, 0.3) is 0 Å². The lowest BCUT2D eigenvalue weighted by Gasteiger charge is -2.40. The molecule has 3 rings (SSSR count). The van der Waals surface area contributed by atoms with E-state index in [0.717, 1.165) is 18.6 Å². The highest BCUT2D eigenvalue weighted by molar-refractivity contribution is 5.38. The van der Waals surface area contributed by atoms with E-state index in [4.69, 9.17) is 4.74 Å². The van der Waals surface area contributed by atoms with Crippen molar-refractivity contribution < 1.29 is 4.74 Å². The molecule has 0 amide bonds. The minimum Gasteiger partial charge on any atom is -0.478 e. The van der Waals surface area contributed by atoms with Crippen molar-refractivity contribution in [1.82, 2.24) is 4.90 Å². The zero-order valence-corrected chi connectivity index (χ0v) is 13.1. The predicted molar refractivity (Wildman–Crippen MR) is 90.8 cm³/mol. The summed E-state index contributed by atoms with van der Waals surface area (Å²) < 4.78 is 5.99. The molecule has 2 heteroatoms. The van der Waals surface area contributed by atoms with E-state index in [1.807, 2.05) is 12.1 Å². The van der Waals surface area contributed by atoms with Crippen molar-refractivity contribution in [2.75, 3.05) is 6.73 Å². The molecule has 0 fully saturated rings. The predicted octanol–water partition coefficient (Wildman–Crippen LogP) is 5.11. The SMILES string of the molecule is C=CCC[C@@H]1c2ccccc2OCN1[C@H](C)c1ccccc1. The van der Waals surface area contributed by atoms with Crippen molar-refractivity contribution in [3.63, 3.8) is 0 Å². The number of fused-ring (bicyclic) bond motifs is 1. The molecule has 1 aliphatic heterocycles. The van der Waals surface area contributed by atoms with Gasteiger partial charge < -0.3 is 4.74 Å². The fourth-order valence-corrected chi connectivity index (χ4v) is 3.20. The summed E-state index contributed by atoms with van der Waals surface area (Å²) in [5.41, 5.74) is 2.62. The number of allylic oxidation sites excluding steroid dienone is 1. The van der Waals surface area contributed by atoms with Gasteiger partial charge in [0.1, 0.15) is 12.5 Å². The van der Waals surface area contributed by atoms with Gasteiger partial charge in [-0.3, -0.25) is 4.90 Å². The first-order valence-corrected chi connectivity index (χ1v) is 7.94. The number of rotatable bonds is 5. The first-order valence-electron chi connectivity index (χ1n) is 7.94. The van der Waals surface area contributed by atoms with Crippen LogP contribution in [-0.2, 0) is 0 Å². The Morgan fingerprint density at radius 3 is 2.68 bits per heavy atom. The largest absolute Gasteiger partial charge is 0.478 e. The number of hydrogen-bond acceptors (Lipinski definition) is 2. The van der Waals surface area contributed by atoms with Gasteiger partial charge in [-0.15, -0.1) is 6.58 Å². The topological polar surface area (TPSA) is 12.5 Å². The highest BCUT2D eigenvalue weighted by Crippen LogP contribution is 2.40. The third kappa shape index (κ3) is 2.93. The van der Waals surface area contributed by atoms with Gasteiger partial charge in [-0.1, -0.05) is 54.6 Å². The molecule has 0 aromatic heterocycles. The van der Waals surface area contributed by atoms with Gasteiger partial charge in [0, 0.05) is 17.6 Å². The van der Waals surface area contributed by atoms with Crippen molar-refractivity contribution in [3.8, 4) is 5.75 Å². The van der Waals surface area contributed by atoms with E-state index >= 15 is 0 Å². The first-order chi connectivity index (χ1) is 10.8. The monoisotopic (exact) mass is 293 g/mol. The van der Waals surface area contributed by atoms with Crippen LogP contribution in [0, 0.1) is 0 Å². The fraction of sp³-hybridized carbons (Fsp3) is 0.300. The normalized spacial score (nSPS) is 19.0. The molecule has 1 aliphatic rings. The van der Waals surface area contributed by atoms with Crippen LogP contribution in [0.3, 0.4) is 0 Å². The van der Waals surface area contributed by atoms with Gasteiger partial charge in [-0.05, 0) is 31.4 Å². The Morgan fingerprint density at radius 1 is 1.18 bits per heavy atom. The van der Waals surface area contributed by atoms with Gasteiger partial charge in [-0.25, -0.2) is 0 Å². The summed E-state index contributed by atoms with van der Waals surface area (Å²) in [5, 5.41) is 0. The molecule has 2 nitrogen and oxygen atoms in total. The average Bonchev–Trinajstić information content (AvgIpc) is 2.59. The van der Waals surface area contributed by atoms with Crippen LogP contribution in [0.15, 0.2) is 67.3 Å². The average molecular weight is 293 g/mol. The number of nitrogens with zero attached hydrogens (tertiary/aromatic N) is 1. The Hall–Kier alpha value is -2.06. The summed E-state index contributed by atoms with van der Waals surface area (Å²) >= 11 is 0. The van der Waals surface area contributed by atoms with E-state index in [1.165, 1.54) is 11.1 Å². The second kappa shape index (κ2) is 6.80. The Morgan fingerprint density at radius 2 is 1.91 bits per heavy atom. The summed E-state index contributed by atoms with van der Waals surface area (Å²) in [4.78, 5) is 2.45. The zero-order valence-electron chi connectivity index (χ0n) is 13.1. The lowest BCUT2D eigenvalue weighted by atomic mass is 9.95. The Kier molecular flexibility index (Phi) is 4.59. The smallest absolute Gasteiger partial charge is 0.143 e. The van der Waals surface area contributed by atoms with Crippen LogP contribution < -0.4 is 4.74 Å². The van der Waals surface area contributed by atoms with Crippen LogP contribution >= 0.6 is 0 Å². The van der Waals surface area contributed by atoms with E-state index in [9.17, 15) is 0 Å². The molecule has 0 saturated heterocycles. The molecule has 114 valence electrons. The van der Waals surface area contributed by atoms with Gasteiger partial charge in [-0.2, -0.15) is 0 Å². The van der Waals surface area contributed by atoms with E-state index < -0.39 is 0 Å². The Balaban J connectivity index is 1.91. The molecular formula is C20H23NO. The molecule has 2 atom stereocenters. The second-order valence-electron chi connectivity index (χ2n) is 5.79. The number of benzene rings is 2. The van der Waals surface area contributed by atoms with E-state index in [-0.39, 0.29) is 0 Å². The summed E-state index contributed by atoms with van der Waals surface area (Å²) in [6.07, 6.45) is 4.08. The maximum Gasteiger partial charge on any atom is 0.143 e. The van der Waals surface area contributed by atoms with Gasteiger partial charge in [0.15, 0.2) is 0 Å². The highest BCUT2D eigenvalue weighted by atomic mass is 16.5. The molecule has 0 unspecified atom stereocenters. The molecule has 0 N–H and O–H groups in total. The van der Waals surface area contributed by atoms with E-state index in [0.29, 0.717) is 18.8 Å². The van der Waals surface area contributed by atoms with Crippen LogP contribution in [0.1, 0.15) is 43.0 Å². The second-order valence-corrected chi connectivity index (χ2v) is 5.79. The van der Waals surface area contributed by atoms with Crippen molar-refractivity contribution >= 4 is 0 Å². The molecule has 2 aromatic rings. The van der Waals surface area contributed by atoms with E-state index in [2.05, 4.69) is 66.9 Å². The van der Waals surface area contributed by atoms with E-state index in [1.54, 1.807) is 0 Å². The standard InChI is InChI=1S/C20H23NO/c1-3-4-13-19-18-12-8-9-14-20(18)22-15-21(19)16(2)17-10-6-5-7-11-17/h3,5-12,14,16,19H,1,4,13,15H2,2H3/t16-,19-/m1/s1. The van der Waals surface area contributed by atoms with Crippen LogP contribution in [0.4, 0.5) is 0 Å². The molecular weight excluding hydrogens is 270 g/mol. The zero-order chi connectivity index (χ0) is 15.4. The van der Waals surface area contributed by atoms with Gasteiger partial charge in [0.05, 0.1) is 0 Å². The lowest BCUT2D eigenvalue weighted by Crippen LogP contribution is -2.38. The quantitative estimate of drug-likeness (QED) is 0.710. The third-order valence-electron chi connectivity index (χ3n) is 4.47. The minimum atomic E-state index is 0.323. The van der Waals surface area contributed by atoms with Crippen LogP contribution in [-0.4, -0.2) is 11.6 Å². The van der Waals surface area contributed by atoms with Gasteiger partial charge >= 0.3 is 0 Å². The maximum absolute atomic E-state index is 5.99. The van der Waals surface area contributed by atoms with Crippen LogP contribution in [0.2, 0.25) is 0 Å². The fourth-order valence-electron chi connectivity index (χ4n) is 3.20. The molecule has 0 spiro atoms. The Bertz CT molecular complexity index is 623. The molecule has 1 heterocycles. The maximum atomic E-state index is 5.99. The van der Waals surface area contributed by atoms with Crippen LogP contribution in [0.5, 0.6) is 5.75 Å². The summed E-state index contributed by atoms with van der Waals surface area (Å²) in [5.74, 6) is 1.02. The summed E-state index contributed by atoms with van der Waals surface area (Å²) in [7, 11) is 0. The van der Waals surface area contributed by atoms with Crippen molar-refractivity contribution in [2.45, 2.75) is 31.8 Å². The van der Waals surface area contributed by atoms with Crippen molar-refractivity contribution in [3.05, 3.63) is 78.4 Å². The molecule has 0 radical (unpaired) electrons. The molecule has 22 heavy (non-hydrogen) atoms. The third-order valence-corrected chi connectivity index (χ3v) is 4.47. The van der Waals surface area contributed by atoms with Crippen LogP contribution in [0.25, 0.3) is 0 Å². The number of ether oxygens (including phenoxy) is 1. The van der Waals surface area contributed by atoms with Crippen molar-refractivity contribution in [2.24, 2.45) is 0 Å².